The van der Waals surface area contributed by atoms with Gasteiger partial charge in [0.05, 0.1) is 23.5 Å². The highest BCUT2D eigenvalue weighted by Gasteiger charge is 2.31. The molecular weight excluding hydrogens is 445 g/mol. The number of carbonyl (C=O) groups is 1. The molecule has 0 fully saturated rings. The van der Waals surface area contributed by atoms with Gasteiger partial charge >= 0.3 is 12.3 Å². The van der Waals surface area contributed by atoms with E-state index in [9.17, 15) is 18.0 Å². The average molecular weight is 465 g/mol. The van der Waals surface area contributed by atoms with Gasteiger partial charge < -0.3 is 9.64 Å². The van der Waals surface area contributed by atoms with Crippen molar-refractivity contribution < 1.29 is 22.7 Å². The summed E-state index contributed by atoms with van der Waals surface area (Å²) >= 11 is 5.80. The van der Waals surface area contributed by atoms with E-state index in [0.29, 0.717) is 26.1 Å². The second kappa shape index (κ2) is 8.82. The average Bonchev–Trinajstić information content (AvgIpc) is 3.02. The Balaban J connectivity index is 1.45. The number of fused-ring (bicyclic) bond motifs is 1. The third kappa shape index (κ3) is 5.04. The van der Waals surface area contributed by atoms with E-state index in [4.69, 9.17) is 16.3 Å². The van der Waals surface area contributed by atoms with Crippen LogP contribution in [0.2, 0.25) is 5.02 Å². The Bertz CT molecular complexity index is 1150. The number of carbonyl (C=O) groups excluding carboxylic acids is 1. The van der Waals surface area contributed by atoms with E-state index in [-0.39, 0.29) is 17.2 Å². The van der Waals surface area contributed by atoms with E-state index < -0.39 is 17.8 Å². The standard InChI is InChI=1S/C22H20ClF3N4O2/c1-14-7-16(3-4-27-14)20-11-19-12-29(5-2-6-30(19)28-20)21(31)32-13-15-8-17(22(24,25)26)10-18(23)9-15/h3-4,7-11H,2,5-6,12-13H2,1H3. The van der Waals surface area contributed by atoms with Gasteiger partial charge in [-0.15, -0.1) is 0 Å². The zero-order valence-corrected chi connectivity index (χ0v) is 18.0. The quantitative estimate of drug-likeness (QED) is 0.516. The van der Waals surface area contributed by atoms with Crippen LogP contribution in [0.4, 0.5) is 18.0 Å². The Morgan fingerprint density at radius 1 is 1.19 bits per heavy atom. The molecule has 0 spiro atoms. The third-order valence-electron chi connectivity index (χ3n) is 5.11. The zero-order valence-electron chi connectivity index (χ0n) is 17.2. The molecule has 0 unspecified atom stereocenters. The number of rotatable bonds is 3. The summed E-state index contributed by atoms with van der Waals surface area (Å²) in [5.41, 5.74) is 2.76. The van der Waals surface area contributed by atoms with Gasteiger partial charge in [-0.25, -0.2) is 4.79 Å². The molecule has 3 aromatic rings. The number of hydrogen-bond acceptors (Lipinski definition) is 4. The minimum absolute atomic E-state index is 0.0663. The Morgan fingerprint density at radius 2 is 2.00 bits per heavy atom. The van der Waals surface area contributed by atoms with Crippen molar-refractivity contribution in [3.05, 3.63) is 70.1 Å². The lowest BCUT2D eigenvalue weighted by Gasteiger charge is -2.19. The first-order chi connectivity index (χ1) is 15.2. The lowest BCUT2D eigenvalue weighted by molar-refractivity contribution is -0.137. The lowest BCUT2D eigenvalue weighted by Crippen LogP contribution is -2.31. The predicted octanol–water partition coefficient (Wildman–Crippen LogP) is 5.47. The summed E-state index contributed by atoms with van der Waals surface area (Å²) in [5.74, 6) is 0. The third-order valence-corrected chi connectivity index (χ3v) is 5.33. The second-order valence-electron chi connectivity index (χ2n) is 7.61. The Labute approximate surface area is 187 Å². The Morgan fingerprint density at radius 3 is 2.75 bits per heavy atom. The molecule has 0 atom stereocenters. The number of amides is 1. The van der Waals surface area contributed by atoms with E-state index >= 15 is 0 Å². The first kappa shape index (κ1) is 22.1. The van der Waals surface area contributed by atoms with Gasteiger partial charge in [-0.2, -0.15) is 18.3 Å². The molecular formula is C22H20ClF3N4O2. The zero-order chi connectivity index (χ0) is 22.9. The minimum atomic E-state index is -4.53. The molecule has 10 heteroatoms. The second-order valence-corrected chi connectivity index (χ2v) is 8.04. The fourth-order valence-corrected chi connectivity index (χ4v) is 3.86. The largest absolute Gasteiger partial charge is 0.445 e. The van der Waals surface area contributed by atoms with Crippen molar-refractivity contribution in [3.63, 3.8) is 0 Å². The van der Waals surface area contributed by atoms with Crippen LogP contribution in [0.15, 0.2) is 42.6 Å². The van der Waals surface area contributed by atoms with Gasteiger partial charge in [0.2, 0.25) is 0 Å². The van der Waals surface area contributed by atoms with Crippen molar-refractivity contribution >= 4 is 17.7 Å². The Hall–Kier alpha value is -3.07. The number of benzene rings is 1. The van der Waals surface area contributed by atoms with Gasteiger partial charge in [0.15, 0.2) is 0 Å². The fraction of sp³-hybridized carbons (Fsp3) is 0.318. The van der Waals surface area contributed by atoms with Gasteiger partial charge in [-0.05, 0) is 55.3 Å². The van der Waals surface area contributed by atoms with Gasteiger partial charge in [0.25, 0.3) is 0 Å². The van der Waals surface area contributed by atoms with Crippen LogP contribution in [0.5, 0.6) is 0 Å². The summed E-state index contributed by atoms with van der Waals surface area (Å²) in [6.45, 7) is 2.99. The molecule has 0 radical (unpaired) electrons. The molecule has 168 valence electrons. The van der Waals surface area contributed by atoms with Crippen molar-refractivity contribution in [2.24, 2.45) is 0 Å². The van der Waals surface area contributed by atoms with Crippen LogP contribution in [0.1, 0.15) is 28.9 Å². The highest BCUT2D eigenvalue weighted by Crippen LogP contribution is 2.32. The summed E-state index contributed by atoms with van der Waals surface area (Å²) < 4.78 is 46.1. The van der Waals surface area contributed by atoms with Gasteiger partial charge in [-0.3, -0.25) is 9.67 Å². The molecule has 32 heavy (non-hydrogen) atoms. The first-order valence-electron chi connectivity index (χ1n) is 9.97. The van der Waals surface area contributed by atoms with Gasteiger partial charge in [0.1, 0.15) is 6.61 Å². The number of aromatic nitrogens is 3. The monoisotopic (exact) mass is 464 g/mol. The maximum absolute atomic E-state index is 13.0. The number of aryl methyl sites for hydroxylation is 2. The highest BCUT2D eigenvalue weighted by atomic mass is 35.5. The Kier molecular flexibility index (Phi) is 6.10. The van der Waals surface area contributed by atoms with Crippen LogP contribution in [0, 0.1) is 6.92 Å². The summed E-state index contributed by atoms with van der Waals surface area (Å²) in [6.07, 6.45) is -2.74. The molecule has 0 saturated heterocycles. The molecule has 4 rings (SSSR count). The lowest BCUT2D eigenvalue weighted by atomic mass is 10.1. The predicted molar refractivity (Wildman–Crippen MR) is 112 cm³/mol. The van der Waals surface area contributed by atoms with Crippen molar-refractivity contribution in [1.82, 2.24) is 19.7 Å². The van der Waals surface area contributed by atoms with E-state index in [1.54, 1.807) is 6.20 Å². The van der Waals surface area contributed by atoms with Gasteiger partial charge in [0, 0.05) is 35.6 Å². The van der Waals surface area contributed by atoms with E-state index in [2.05, 4.69) is 10.1 Å². The molecule has 0 bridgehead atoms. The highest BCUT2D eigenvalue weighted by molar-refractivity contribution is 6.30. The summed E-state index contributed by atoms with van der Waals surface area (Å²) in [5, 5.41) is 4.57. The molecule has 0 aliphatic carbocycles. The molecule has 1 aromatic carbocycles. The summed E-state index contributed by atoms with van der Waals surface area (Å²) in [7, 11) is 0. The van der Waals surface area contributed by atoms with Crippen LogP contribution in [-0.2, 0) is 30.6 Å². The molecule has 0 saturated carbocycles. The van der Waals surface area contributed by atoms with Crippen molar-refractivity contribution in [3.8, 4) is 11.3 Å². The number of ether oxygens (including phenoxy) is 1. The molecule has 2 aromatic heterocycles. The molecule has 0 N–H and O–H groups in total. The smallest absolute Gasteiger partial charge is 0.416 e. The maximum Gasteiger partial charge on any atom is 0.416 e. The van der Waals surface area contributed by atoms with Crippen LogP contribution < -0.4 is 0 Å². The number of nitrogens with zero attached hydrogens (tertiary/aromatic N) is 4. The first-order valence-corrected chi connectivity index (χ1v) is 10.3. The number of hydrogen-bond donors (Lipinski definition) is 0. The number of halogens is 4. The minimum Gasteiger partial charge on any atom is -0.445 e. The molecule has 1 aliphatic rings. The molecule has 1 aliphatic heterocycles. The summed E-state index contributed by atoms with van der Waals surface area (Å²) in [6, 6.07) is 8.86. The van der Waals surface area contributed by atoms with E-state index in [1.165, 1.54) is 11.0 Å². The van der Waals surface area contributed by atoms with Crippen molar-refractivity contribution in [2.45, 2.75) is 39.2 Å². The summed E-state index contributed by atoms with van der Waals surface area (Å²) in [4.78, 5) is 18.4. The maximum atomic E-state index is 13.0. The van der Waals surface area contributed by atoms with Crippen LogP contribution in [0.3, 0.4) is 0 Å². The van der Waals surface area contributed by atoms with Crippen molar-refractivity contribution in [1.29, 1.82) is 0 Å². The molecule has 3 heterocycles. The molecule has 1 amide bonds. The van der Waals surface area contributed by atoms with E-state index in [0.717, 1.165) is 34.8 Å². The number of pyridine rings is 1. The van der Waals surface area contributed by atoms with E-state index in [1.807, 2.05) is 29.8 Å². The van der Waals surface area contributed by atoms with Crippen molar-refractivity contribution in [2.75, 3.05) is 6.54 Å². The van der Waals surface area contributed by atoms with Crippen LogP contribution in [-0.4, -0.2) is 32.3 Å². The normalized spacial score (nSPS) is 14.1. The van der Waals surface area contributed by atoms with Crippen LogP contribution >= 0.6 is 11.6 Å². The molecule has 6 nitrogen and oxygen atoms in total. The van der Waals surface area contributed by atoms with Gasteiger partial charge in [-0.1, -0.05) is 11.6 Å². The number of alkyl halides is 3. The van der Waals surface area contributed by atoms with Crippen LogP contribution in [0.25, 0.3) is 11.3 Å². The topological polar surface area (TPSA) is 60.2 Å². The fourth-order valence-electron chi connectivity index (χ4n) is 3.60. The SMILES string of the molecule is Cc1cc(-c2cc3n(n2)CCCN(C(=O)OCc2cc(Cl)cc(C(F)(F)F)c2)C3)ccn1.